The minimum atomic E-state index is 0.887. The molecule has 0 aliphatic heterocycles. The van der Waals surface area contributed by atoms with Crippen molar-refractivity contribution in [3.05, 3.63) is 0 Å². The minimum absolute atomic E-state index is 0.887. The summed E-state index contributed by atoms with van der Waals surface area (Å²) in [5, 5.41) is 0. The third-order valence-corrected chi connectivity index (χ3v) is 1.10. The van der Waals surface area contributed by atoms with E-state index in [1.165, 1.54) is 19.3 Å². The van der Waals surface area contributed by atoms with Gasteiger partial charge in [0.1, 0.15) is 0 Å². The Bertz CT molecular complexity index is 27.3. The average Bonchev–Trinajstić information content (AvgIpc) is 1.69. The monoisotopic (exact) mass is 114 g/mol. The normalized spacial score (nSPS) is 9.29. The molecule has 0 spiro atoms. The van der Waals surface area contributed by atoms with Gasteiger partial charge in [0, 0.05) is 6.61 Å². The van der Waals surface area contributed by atoms with E-state index in [4.69, 9.17) is 3.79 Å². The SMILES string of the molecule is CCCCC[O][Al]. The standard InChI is InChI=1S/C5H11O.Al/c1-2-3-4-5-6;/h2-5H2,1H3;/q-1;+1. The fourth-order valence-corrected chi connectivity index (χ4v) is 0.602. The van der Waals surface area contributed by atoms with Crippen molar-refractivity contribution in [2.75, 3.05) is 6.61 Å². The van der Waals surface area contributed by atoms with Gasteiger partial charge in [-0.25, -0.2) is 0 Å². The second kappa shape index (κ2) is 6.49. The Morgan fingerprint density at radius 1 is 1.43 bits per heavy atom. The highest BCUT2D eigenvalue weighted by Crippen LogP contribution is 1.91. The van der Waals surface area contributed by atoms with Gasteiger partial charge in [-0.15, -0.1) is 0 Å². The summed E-state index contributed by atoms with van der Waals surface area (Å²) in [7, 11) is 0. The van der Waals surface area contributed by atoms with Crippen LogP contribution in [-0.2, 0) is 3.79 Å². The van der Waals surface area contributed by atoms with E-state index in [1.807, 2.05) is 0 Å². The number of hydrogen-bond acceptors (Lipinski definition) is 1. The van der Waals surface area contributed by atoms with E-state index in [0.29, 0.717) is 0 Å². The summed E-state index contributed by atoms with van der Waals surface area (Å²) < 4.78 is 4.76. The quantitative estimate of drug-likeness (QED) is 0.395. The van der Waals surface area contributed by atoms with E-state index in [9.17, 15) is 0 Å². The molecule has 0 aromatic rings. The van der Waals surface area contributed by atoms with Gasteiger partial charge < -0.3 is 3.79 Å². The van der Waals surface area contributed by atoms with E-state index in [-0.39, 0.29) is 0 Å². The molecule has 0 rings (SSSR count). The Kier molecular flexibility index (Phi) is 6.95. The first-order valence-corrected chi connectivity index (χ1v) is 3.20. The molecule has 0 aromatic carbocycles. The maximum atomic E-state index is 4.76. The first-order chi connectivity index (χ1) is 3.41. The van der Waals surface area contributed by atoms with Gasteiger partial charge >= 0.3 is 16.6 Å². The Hall–Kier alpha value is 0.492. The van der Waals surface area contributed by atoms with Gasteiger partial charge in [-0.3, -0.25) is 0 Å². The molecule has 0 unspecified atom stereocenters. The van der Waals surface area contributed by atoms with Crippen LogP contribution in [0.1, 0.15) is 26.2 Å². The highest BCUT2D eigenvalue weighted by atomic mass is 27.1. The molecule has 0 saturated heterocycles. The molecular formula is C5H11AlO. The predicted molar refractivity (Wildman–Crippen MR) is 31.2 cm³/mol. The number of rotatable bonds is 4. The van der Waals surface area contributed by atoms with E-state index < -0.39 is 0 Å². The molecule has 0 aliphatic carbocycles. The average molecular weight is 114 g/mol. The van der Waals surface area contributed by atoms with Gasteiger partial charge in [-0.2, -0.15) is 0 Å². The van der Waals surface area contributed by atoms with Crippen LogP contribution in [-0.4, -0.2) is 23.2 Å². The zero-order chi connectivity index (χ0) is 5.54. The largest absolute Gasteiger partial charge is 0.516 e. The van der Waals surface area contributed by atoms with Crippen molar-refractivity contribution in [1.29, 1.82) is 0 Å². The summed E-state index contributed by atoms with van der Waals surface area (Å²) in [5.41, 5.74) is 0. The Morgan fingerprint density at radius 3 is 2.57 bits per heavy atom. The molecule has 0 amide bonds. The molecule has 0 bridgehead atoms. The molecule has 0 N–H and O–H groups in total. The summed E-state index contributed by atoms with van der Waals surface area (Å²) in [4.78, 5) is 0. The fraction of sp³-hybridized carbons (Fsp3) is 1.00. The fourth-order valence-electron chi connectivity index (χ4n) is 0.435. The highest BCUT2D eigenvalue weighted by Gasteiger charge is 1.79. The Balaban J connectivity index is 2.45. The van der Waals surface area contributed by atoms with E-state index in [2.05, 4.69) is 23.5 Å². The van der Waals surface area contributed by atoms with Gasteiger partial charge in [0.05, 0.1) is 0 Å². The van der Waals surface area contributed by atoms with Crippen LogP contribution in [0.15, 0.2) is 0 Å². The minimum Gasteiger partial charge on any atom is -0.516 e. The topological polar surface area (TPSA) is 9.23 Å². The van der Waals surface area contributed by atoms with Crippen molar-refractivity contribution < 1.29 is 3.79 Å². The number of unbranched alkanes of at least 4 members (excludes halogenated alkanes) is 2. The van der Waals surface area contributed by atoms with Crippen molar-refractivity contribution in [3.63, 3.8) is 0 Å². The van der Waals surface area contributed by atoms with Crippen LogP contribution in [0.25, 0.3) is 0 Å². The van der Waals surface area contributed by atoms with Crippen LogP contribution in [0.3, 0.4) is 0 Å². The first-order valence-electron chi connectivity index (χ1n) is 2.73. The van der Waals surface area contributed by atoms with Crippen molar-refractivity contribution >= 4 is 16.6 Å². The van der Waals surface area contributed by atoms with Gasteiger partial charge in [-0.05, 0) is 6.42 Å². The van der Waals surface area contributed by atoms with Gasteiger partial charge in [0.15, 0.2) is 0 Å². The lowest BCUT2D eigenvalue weighted by atomic mass is 10.3. The Morgan fingerprint density at radius 2 is 2.14 bits per heavy atom. The summed E-state index contributed by atoms with van der Waals surface area (Å²) in [6.45, 7) is 3.07. The molecule has 0 atom stereocenters. The van der Waals surface area contributed by atoms with E-state index in [1.54, 1.807) is 0 Å². The summed E-state index contributed by atoms with van der Waals surface area (Å²) in [6, 6.07) is 0. The third kappa shape index (κ3) is 6.49. The first kappa shape index (κ1) is 7.49. The van der Waals surface area contributed by atoms with Crippen LogP contribution in [0.5, 0.6) is 0 Å². The number of hydrogen-bond donors (Lipinski definition) is 0. The highest BCUT2D eigenvalue weighted by molar-refractivity contribution is 5.97. The van der Waals surface area contributed by atoms with Crippen LogP contribution < -0.4 is 0 Å². The summed E-state index contributed by atoms with van der Waals surface area (Å²) in [6.07, 6.45) is 3.75. The molecular weight excluding hydrogens is 103 g/mol. The molecule has 1 nitrogen and oxygen atoms in total. The molecule has 2 radical (unpaired) electrons. The molecule has 0 fully saturated rings. The maximum Gasteiger partial charge on any atom is 0.369 e. The summed E-state index contributed by atoms with van der Waals surface area (Å²) in [5.74, 6) is 0. The second-order valence-corrected chi connectivity index (χ2v) is 1.91. The van der Waals surface area contributed by atoms with Gasteiger partial charge in [0.2, 0.25) is 0 Å². The van der Waals surface area contributed by atoms with Crippen LogP contribution in [0.2, 0.25) is 0 Å². The van der Waals surface area contributed by atoms with Crippen LogP contribution >= 0.6 is 0 Å². The zero-order valence-corrected chi connectivity index (χ0v) is 5.97. The lowest BCUT2D eigenvalue weighted by Crippen LogP contribution is -1.87. The molecule has 2 heteroatoms. The maximum absolute atomic E-state index is 4.76. The smallest absolute Gasteiger partial charge is 0.369 e. The summed E-state index contributed by atoms with van der Waals surface area (Å²) >= 11 is 2.25. The van der Waals surface area contributed by atoms with Crippen molar-refractivity contribution in [2.24, 2.45) is 0 Å². The second-order valence-electron chi connectivity index (χ2n) is 1.58. The molecule has 0 saturated carbocycles. The van der Waals surface area contributed by atoms with Gasteiger partial charge in [-0.1, -0.05) is 19.8 Å². The molecule has 40 valence electrons. The molecule has 7 heavy (non-hydrogen) atoms. The van der Waals surface area contributed by atoms with Crippen LogP contribution in [0, 0.1) is 0 Å². The lowest BCUT2D eigenvalue weighted by Gasteiger charge is -1.94. The van der Waals surface area contributed by atoms with Crippen molar-refractivity contribution in [2.45, 2.75) is 26.2 Å². The lowest BCUT2D eigenvalue weighted by molar-refractivity contribution is 0.335. The third-order valence-electron chi connectivity index (χ3n) is 0.866. The Labute approximate surface area is 53.8 Å². The predicted octanol–water partition coefficient (Wildman–Crippen LogP) is 1.28. The van der Waals surface area contributed by atoms with Crippen molar-refractivity contribution in [3.8, 4) is 0 Å². The van der Waals surface area contributed by atoms with E-state index in [0.717, 1.165) is 6.61 Å². The zero-order valence-electron chi connectivity index (χ0n) is 4.81. The van der Waals surface area contributed by atoms with Gasteiger partial charge in [0.25, 0.3) is 0 Å². The molecule has 0 aromatic heterocycles. The van der Waals surface area contributed by atoms with Crippen LogP contribution in [0.4, 0.5) is 0 Å². The molecule has 0 aliphatic rings. The van der Waals surface area contributed by atoms with Crippen molar-refractivity contribution in [1.82, 2.24) is 0 Å². The van der Waals surface area contributed by atoms with E-state index >= 15 is 0 Å². The molecule has 0 heterocycles.